The molecular weight excluding hydrogens is 397 g/mol. The van der Waals surface area contributed by atoms with Crippen molar-refractivity contribution >= 4 is 28.8 Å². The maximum Gasteiger partial charge on any atom is 0.231 e. The maximum absolute atomic E-state index is 16.0. The van der Waals surface area contributed by atoms with Gasteiger partial charge in [0.05, 0.1) is 28.7 Å². The normalized spacial score (nSPS) is 18.8. The first-order chi connectivity index (χ1) is 14.7. The smallest absolute Gasteiger partial charge is 0.231 e. The summed E-state index contributed by atoms with van der Waals surface area (Å²) in [6.45, 7) is 1.71. The van der Waals surface area contributed by atoms with Crippen LogP contribution in [-0.4, -0.2) is 47.5 Å². The molecule has 1 fully saturated rings. The second-order valence-corrected chi connectivity index (χ2v) is 8.00. The zero-order valence-corrected chi connectivity index (χ0v) is 17.7. The van der Waals surface area contributed by atoms with Crippen LogP contribution in [0.3, 0.4) is 0 Å². The number of halogens is 1. The minimum atomic E-state index is -1.08. The molecule has 3 aromatic rings. The molecule has 2 heterocycles. The molecule has 0 saturated carbocycles. The molecule has 0 bridgehead atoms. The fourth-order valence-corrected chi connectivity index (χ4v) is 3.93. The van der Waals surface area contributed by atoms with E-state index in [1.54, 1.807) is 66.9 Å². The maximum atomic E-state index is 16.0. The summed E-state index contributed by atoms with van der Waals surface area (Å²) in [5, 5.41) is 20.5. The summed E-state index contributed by atoms with van der Waals surface area (Å²) in [6.07, 6.45) is 0.00997. The fourth-order valence-electron chi connectivity index (χ4n) is 3.93. The standard InChI is InChI=1S/C22H22FN7O/c1-22(11-17(31)29(4)20(25)27-22)14-8-6-9-15(18(14)23)30-16-10-5-7-13(12-24)19(16)26-21(30)28(2)3/h5-10H,11H2,1-4H3,(H2,25,27)/t22-/m0/s1. The molecular formula is C22H22FN7O. The van der Waals surface area contributed by atoms with Crippen molar-refractivity contribution in [1.82, 2.24) is 19.8 Å². The molecule has 31 heavy (non-hydrogen) atoms. The summed E-state index contributed by atoms with van der Waals surface area (Å²) >= 11 is 0. The second-order valence-electron chi connectivity index (χ2n) is 8.00. The van der Waals surface area contributed by atoms with Crippen molar-refractivity contribution in [3.05, 3.63) is 53.3 Å². The Kier molecular flexibility index (Phi) is 4.65. The van der Waals surface area contributed by atoms with Crippen molar-refractivity contribution in [3.63, 3.8) is 0 Å². The third-order valence-corrected chi connectivity index (χ3v) is 5.61. The highest BCUT2D eigenvalue weighted by atomic mass is 19.1. The van der Waals surface area contributed by atoms with Crippen LogP contribution in [0.4, 0.5) is 10.3 Å². The molecule has 0 radical (unpaired) electrons. The van der Waals surface area contributed by atoms with Crippen LogP contribution < -0.4 is 10.2 Å². The number of imidazole rings is 1. The monoisotopic (exact) mass is 419 g/mol. The number of carbonyl (C=O) groups is 1. The zero-order valence-electron chi connectivity index (χ0n) is 17.7. The van der Waals surface area contributed by atoms with Gasteiger partial charge in [-0.2, -0.15) is 5.26 Å². The number of hydrogen-bond acceptors (Lipinski definition) is 5. The van der Waals surface area contributed by atoms with Crippen LogP contribution >= 0.6 is 0 Å². The molecule has 1 atom stereocenters. The molecule has 1 aliphatic heterocycles. The van der Waals surface area contributed by atoms with Gasteiger partial charge in [-0.1, -0.05) is 18.2 Å². The summed E-state index contributed by atoms with van der Waals surface area (Å²) in [4.78, 5) is 19.9. The summed E-state index contributed by atoms with van der Waals surface area (Å²) in [7, 11) is 5.11. The first kappa shape index (κ1) is 20.3. The molecule has 9 heteroatoms. The number of nitrogens with zero attached hydrogens (tertiary/aromatic N) is 5. The molecule has 4 rings (SSSR count). The lowest BCUT2D eigenvalue weighted by atomic mass is 9.86. The lowest BCUT2D eigenvalue weighted by Crippen LogP contribution is -2.58. The SMILES string of the molecule is CN1C(=N)N[C@](C)(c2cccc(-n3c(N(C)C)nc4c(C#N)cccc43)c2F)CC1=O. The Labute approximate surface area is 179 Å². The molecule has 0 aliphatic carbocycles. The van der Waals surface area contributed by atoms with E-state index in [-0.39, 0.29) is 29.5 Å². The Morgan fingerprint density at radius 3 is 2.65 bits per heavy atom. The van der Waals surface area contributed by atoms with E-state index < -0.39 is 11.4 Å². The Hall–Kier alpha value is -3.93. The van der Waals surface area contributed by atoms with Crippen LogP contribution in [-0.2, 0) is 10.3 Å². The summed E-state index contributed by atoms with van der Waals surface area (Å²) < 4.78 is 17.7. The van der Waals surface area contributed by atoms with Crippen molar-refractivity contribution in [1.29, 1.82) is 10.7 Å². The van der Waals surface area contributed by atoms with Gasteiger partial charge in [-0.3, -0.25) is 19.7 Å². The van der Waals surface area contributed by atoms with Crippen molar-refractivity contribution in [2.75, 3.05) is 26.0 Å². The topological polar surface area (TPSA) is 101 Å². The van der Waals surface area contributed by atoms with Gasteiger partial charge >= 0.3 is 0 Å². The van der Waals surface area contributed by atoms with Gasteiger partial charge in [0.1, 0.15) is 11.6 Å². The van der Waals surface area contributed by atoms with E-state index in [0.29, 0.717) is 22.5 Å². The fraction of sp³-hybridized carbons (Fsp3) is 0.273. The lowest BCUT2D eigenvalue weighted by Gasteiger charge is -2.39. The van der Waals surface area contributed by atoms with Gasteiger partial charge < -0.3 is 10.2 Å². The molecule has 0 unspecified atom stereocenters. The molecule has 2 aromatic carbocycles. The van der Waals surface area contributed by atoms with Crippen LogP contribution in [0.15, 0.2) is 36.4 Å². The van der Waals surface area contributed by atoms with Crippen molar-refractivity contribution in [2.24, 2.45) is 0 Å². The number of benzene rings is 2. The van der Waals surface area contributed by atoms with Crippen LogP contribution in [0.25, 0.3) is 16.7 Å². The average molecular weight is 419 g/mol. The molecule has 1 amide bonds. The third kappa shape index (κ3) is 3.08. The number of nitriles is 1. The number of nitrogens with one attached hydrogen (secondary N) is 2. The van der Waals surface area contributed by atoms with E-state index in [1.165, 1.54) is 11.9 Å². The van der Waals surface area contributed by atoms with Crippen LogP contribution in [0, 0.1) is 22.6 Å². The Bertz CT molecular complexity index is 1250. The minimum absolute atomic E-state index is 0.00997. The average Bonchev–Trinajstić information content (AvgIpc) is 3.12. The highest BCUT2D eigenvalue weighted by Gasteiger charge is 2.40. The Morgan fingerprint density at radius 2 is 2.00 bits per heavy atom. The number of para-hydroxylation sites is 1. The van der Waals surface area contributed by atoms with Crippen LogP contribution in [0.1, 0.15) is 24.5 Å². The molecule has 1 aliphatic rings. The molecule has 0 spiro atoms. The zero-order chi connectivity index (χ0) is 22.5. The number of carbonyl (C=O) groups excluding carboxylic acids is 1. The minimum Gasteiger partial charge on any atom is -0.348 e. The van der Waals surface area contributed by atoms with E-state index in [1.807, 2.05) is 0 Å². The Morgan fingerprint density at radius 1 is 1.29 bits per heavy atom. The third-order valence-electron chi connectivity index (χ3n) is 5.61. The molecule has 8 nitrogen and oxygen atoms in total. The van der Waals surface area contributed by atoms with E-state index in [9.17, 15) is 10.1 Å². The van der Waals surface area contributed by atoms with Gasteiger partial charge in [-0.05, 0) is 25.1 Å². The van der Waals surface area contributed by atoms with Gasteiger partial charge in [-0.25, -0.2) is 9.37 Å². The van der Waals surface area contributed by atoms with E-state index in [4.69, 9.17) is 5.41 Å². The van der Waals surface area contributed by atoms with Gasteiger partial charge in [0.25, 0.3) is 0 Å². The van der Waals surface area contributed by atoms with E-state index >= 15 is 4.39 Å². The first-order valence-electron chi connectivity index (χ1n) is 9.69. The molecule has 1 aromatic heterocycles. The quantitative estimate of drug-likeness (QED) is 0.680. The summed E-state index contributed by atoms with van der Waals surface area (Å²) in [5.41, 5.74) is 0.939. The molecule has 1 saturated heterocycles. The highest BCUT2D eigenvalue weighted by molar-refractivity contribution is 5.99. The lowest BCUT2D eigenvalue weighted by molar-refractivity contribution is -0.129. The number of amides is 1. The number of fused-ring (bicyclic) bond motifs is 1. The number of aromatic nitrogens is 2. The number of rotatable bonds is 3. The van der Waals surface area contributed by atoms with Gasteiger partial charge in [-0.15, -0.1) is 0 Å². The summed E-state index contributed by atoms with van der Waals surface area (Å²) in [6, 6.07) is 12.3. The van der Waals surface area contributed by atoms with Crippen LogP contribution in [0.5, 0.6) is 0 Å². The van der Waals surface area contributed by atoms with Gasteiger partial charge in [0.2, 0.25) is 11.9 Å². The van der Waals surface area contributed by atoms with E-state index in [2.05, 4.69) is 16.4 Å². The predicted molar refractivity (Wildman–Crippen MR) is 116 cm³/mol. The van der Waals surface area contributed by atoms with Crippen molar-refractivity contribution < 1.29 is 9.18 Å². The number of guanidine groups is 1. The second kappa shape index (κ2) is 7.09. The largest absolute Gasteiger partial charge is 0.348 e. The van der Waals surface area contributed by atoms with E-state index in [0.717, 1.165) is 0 Å². The molecule has 158 valence electrons. The summed E-state index contributed by atoms with van der Waals surface area (Å²) in [5.74, 6) is -0.396. The number of hydrogen-bond donors (Lipinski definition) is 2. The molecule has 2 N–H and O–H groups in total. The van der Waals surface area contributed by atoms with Gasteiger partial charge in [0, 0.05) is 26.7 Å². The predicted octanol–water partition coefficient (Wildman–Crippen LogP) is 2.70. The first-order valence-corrected chi connectivity index (χ1v) is 9.69. The highest BCUT2D eigenvalue weighted by Crippen LogP contribution is 2.35. The number of anilines is 1. The Balaban J connectivity index is 1.95. The van der Waals surface area contributed by atoms with Crippen molar-refractivity contribution in [3.8, 4) is 11.8 Å². The van der Waals surface area contributed by atoms with Crippen molar-refractivity contribution in [2.45, 2.75) is 18.9 Å². The van der Waals surface area contributed by atoms with Gasteiger partial charge in [0.15, 0.2) is 11.8 Å². The van der Waals surface area contributed by atoms with Crippen LogP contribution in [0.2, 0.25) is 0 Å².